The summed E-state index contributed by atoms with van der Waals surface area (Å²) in [6.45, 7) is 3.78. The van der Waals surface area contributed by atoms with Gasteiger partial charge in [-0.3, -0.25) is 9.78 Å². The number of H-pyrrole nitrogens is 1. The van der Waals surface area contributed by atoms with Crippen LogP contribution in [0.15, 0.2) is 40.2 Å². The number of unbranched alkanes of at least 4 members (excludes halogenated alkanes) is 2. The number of anilines is 1. The highest BCUT2D eigenvalue weighted by atomic mass is 16.1. The summed E-state index contributed by atoms with van der Waals surface area (Å²) in [7, 11) is 0. The van der Waals surface area contributed by atoms with Crippen molar-refractivity contribution < 1.29 is 0 Å². The molecule has 0 amide bonds. The average Bonchev–Trinajstić information content (AvgIpc) is 2.55. The van der Waals surface area contributed by atoms with Crippen molar-refractivity contribution in [1.82, 2.24) is 15.2 Å². The number of benzene rings is 1. The summed E-state index contributed by atoms with van der Waals surface area (Å²) in [6, 6.07) is 9.99. The molecule has 1 aromatic carbocycles. The van der Waals surface area contributed by atoms with E-state index in [0.29, 0.717) is 5.69 Å². The zero-order valence-corrected chi connectivity index (χ0v) is 13.0. The van der Waals surface area contributed by atoms with Crippen LogP contribution in [0.2, 0.25) is 0 Å². The molecule has 116 valence electrons. The summed E-state index contributed by atoms with van der Waals surface area (Å²) < 4.78 is 0. The van der Waals surface area contributed by atoms with Crippen LogP contribution < -0.4 is 11.0 Å². The van der Waals surface area contributed by atoms with Crippen LogP contribution >= 0.6 is 0 Å². The Labute approximate surface area is 129 Å². The van der Waals surface area contributed by atoms with Gasteiger partial charge in [0.1, 0.15) is 5.69 Å². The fourth-order valence-corrected chi connectivity index (χ4v) is 2.00. The van der Waals surface area contributed by atoms with Gasteiger partial charge in [0.15, 0.2) is 0 Å². The second-order valence-electron chi connectivity index (χ2n) is 5.08. The highest BCUT2D eigenvalue weighted by molar-refractivity contribution is 6.00. The number of hydrogen-bond donors (Lipinski definition) is 2. The maximum absolute atomic E-state index is 11.5. The van der Waals surface area contributed by atoms with Crippen LogP contribution in [0, 0.1) is 6.92 Å². The van der Waals surface area contributed by atoms with Crippen LogP contribution in [0.3, 0.4) is 0 Å². The van der Waals surface area contributed by atoms with Crippen molar-refractivity contribution in [2.45, 2.75) is 39.5 Å². The summed E-state index contributed by atoms with van der Waals surface area (Å²) in [5.74, 6) is 0.250. The molecule has 0 spiro atoms. The van der Waals surface area contributed by atoms with E-state index in [1.165, 1.54) is 0 Å². The van der Waals surface area contributed by atoms with Crippen molar-refractivity contribution in [2.75, 3.05) is 5.43 Å². The molecule has 6 heteroatoms. The predicted molar refractivity (Wildman–Crippen MR) is 88.1 cm³/mol. The lowest BCUT2D eigenvalue weighted by molar-refractivity contribution is 0.741. The molecule has 0 radical (unpaired) electrons. The van der Waals surface area contributed by atoms with Gasteiger partial charge in [0.25, 0.3) is 5.56 Å². The van der Waals surface area contributed by atoms with E-state index in [-0.39, 0.29) is 11.5 Å². The monoisotopic (exact) mass is 299 g/mol. The fraction of sp³-hybridized carbons (Fsp3) is 0.375. The Morgan fingerprint density at radius 3 is 2.68 bits per heavy atom. The van der Waals surface area contributed by atoms with E-state index < -0.39 is 0 Å². The van der Waals surface area contributed by atoms with Gasteiger partial charge in [0, 0.05) is 0 Å². The number of nitrogens with zero attached hydrogens (tertiary/aromatic N) is 3. The van der Waals surface area contributed by atoms with E-state index in [9.17, 15) is 4.79 Å². The van der Waals surface area contributed by atoms with Gasteiger partial charge in [-0.15, -0.1) is 10.2 Å². The topological polar surface area (TPSA) is 83.0 Å². The van der Waals surface area contributed by atoms with Gasteiger partial charge in [0.2, 0.25) is 5.95 Å². The lowest BCUT2D eigenvalue weighted by atomic mass is 10.0. The molecule has 0 atom stereocenters. The van der Waals surface area contributed by atoms with Crippen molar-refractivity contribution in [1.29, 1.82) is 0 Å². The lowest BCUT2D eigenvalue weighted by Gasteiger charge is -2.07. The van der Waals surface area contributed by atoms with Crippen LogP contribution in [0.1, 0.15) is 43.9 Å². The van der Waals surface area contributed by atoms with Crippen LogP contribution in [0.4, 0.5) is 5.95 Å². The first-order chi connectivity index (χ1) is 10.7. The molecule has 0 aliphatic rings. The number of hydrogen-bond acceptors (Lipinski definition) is 5. The maximum atomic E-state index is 11.5. The standard InChI is InChI=1S/C16H21N5O/c1-3-4-6-11-14(13-9-7-5-8-10-13)19-21-16-17-15(22)12(2)18-20-16/h5,7-10H,3-4,6,11H2,1-2H3,(H2,17,20,21,22)/b19-14-. The Hall–Kier alpha value is -2.50. The highest BCUT2D eigenvalue weighted by Crippen LogP contribution is 2.10. The van der Waals surface area contributed by atoms with Crippen LogP contribution in [0.25, 0.3) is 0 Å². The summed E-state index contributed by atoms with van der Waals surface area (Å²) in [4.78, 5) is 14.1. The highest BCUT2D eigenvalue weighted by Gasteiger charge is 2.04. The van der Waals surface area contributed by atoms with Crippen molar-refractivity contribution in [3.63, 3.8) is 0 Å². The third-order valence-corrected chi connectivity index (χ3v) is 3.28. The minimum Gasteiger partial charge on any atom is -0.288 e. The third kappa shape index (κ3) is 4.51. The molecule has 0 fully saturated rings. The van der Waals surface area contributed by atoms with Crippen molar-refractivity contribution in [3.8, 4) is 0 Å². The zero-order chi connectivity index (χ0) is 15.8. The van der Waals surface area contributed by atoms with Gasteiger partial charge in [-0.05, 0) is 25.3 Å². The molecule has 1 aromatic heterocycles. The van der Waals surface area contributed by atoms with E-state index >= 15 is 0 Å². The second kappa shape index (κ2) is 8.07. The maximum Gasteiger partial charge on any atom is 0.274 e. The first-order valence-corrected chi connectivity index (χ1v) is 7.52. The number of aryl methyl sites for hydroxylation is 1. The van der Waals surface area contributed by atoms with Crippen LogP contribution in [-0.2, 0) is 0 Å². The Kier molecular flexibility index (Phi) is 5.82. The third-order valence-electron chi connectivity index (χ3n) is 3.28. The molecule has 6 nitrogen and oxygen atoms in total. The average molecular weight is 299 g/mol. The normalized spacial score (nSPS) is 11.5. The van der Waals surface area contributed by atoms with Crippen molar-refractivity contribution >= 4 is 11.7 Å². The van der Waals surface area contributed by atoms with Gasteiger partial charge in [-0.1, -0.05) is 50.1 Å². The van der Waals surface area contributed by atoms with E-state index in [1.807, 2.05) is 30.3 Å². The quantitative estimate of drug-likeness (QED) is 0.468. The largest absolute Gasteiger partial charge is 0.288 e. The molecule has 0 bridgehead atoms. The Morgan fingerprint density at radius 2 is 2.00 bits per heavy atom. The second-order valence-corrected chi connectivity index (χ2v) is 5.08. The lowest BCUT2D eigenvalue weighted by Crippen LogP contribution is -2.16. The smallest absolute Gasteiger partial charge is 0.274 e. The molecular weight excluding hydrogens is 278 g/mol. The Morgan fingerprint density at radius 1 is 1.23 bits per heavy atom. The van der Waals surface area contributed by atoms with Crippen molar-refractivity contribution in [2.24, 2.45) is 5.10 Å². The van der Waals surface area contributed by atoms with Gasteiger partial charge < -0.3 is 0 Å². The molecule has 0 aliphatic carbocycles. The minimum atomic E-state index is -0.264. The summed E-state index contributed by atoms with van der Waals surface area (Å²) in [5.41, 5.74) is 4.87. The molecule has 2 N–H and O–H groups in total. The molecule has 1 heterocycles. The molecule has 2 aromatic rings. The Balaban J connectivity index is 2.16. The molecular formula is C16H21N5O. The summed E-state index contributed by atoms with van der Waals surface area (Å²) >= 11 is 0. The molecule has 0 unspecified atom stereocenters. The van der Waals surface area contributed by atoms with Crippen LogP contribution in [-0.4, -0.2) is 20.9 Å². The first-order valence-electron chi connectivity index (χ1n) is 7.52. The number of rotatable bonds is 7. The molecule has 0 aliphatic heterocycles. The number of hydrazone groups is 1. The number of aromatic amines is 1. The number of nitrogens with one attached hydrogen (secondary N) is 2. The molecule has 22 heavy (non-hydrogen) atoms. The SMILES string of the molecule is CCCCC/C(=N/Nc1nnc(C)c(=O)[nH]1)c1ccccc1. The first kappa shape index (κ1) is 15.9. The fourth-order valence-electron chi connectivity index (χ4n) is 2.00. The molecule has 0 saturated carbocycles. The molecule has 2 rings (SSSR count). The number of aromatic nitrogens is 3. The minimum absolute atomic E-state index is 0.250. The van der Waals surface area contributed by atoms with Gasteiger partial charge >= 0.3 is 0 Å². The zero-order valence-electron chi connectivity index (χ0n) is 13.0. The van der Waals surface area contributed by atoms with E-state index in [4.69, 9.17) is 0 Å². The summed E-state index contributed by atoms with van der Waals surface area (Å²) in [6.07, 6.45) is 4.26. The summed E-state index contributed by atoms with van der Waals surface area (Å²) in [5, 5.41) is 12.1. The predicted octanol–water partition coefficient (Wildman–Crippen LogP) is 2.87. The van der Waals surface area contributed by atoms with Gasteiger partial charge in [-0.2, -0.15) is 5.10 Å². The van der Waals surface area contributed by atoms with Gasteiger partial charge in [-0.25, -0.2) is 5.43 Å². The molecule has 0 saturated heterocycles. The van der Waals surface area contributed by atoms with E-state index in [0.717, 1.165) is 37.0 Å². The van der Waals surface area contributed by atoms with Crippen molar-refractivity contribution in [3.05, 3.63) is 51.9 Å². The van der Waals surface area contributed by atoms with Crippen LogP contribution in [0.5, 0.6) is 0 Å². The van der Waals surface area contributed by atoms with Gasteiger partial charge in [0.05, 0.1) is 5.71 Å². The van der Waals surface area contributed by atoms with E-state index in [1.54, 1.807) is 6.92 Å². The van der Waals surface area contributed by atoms with E-state index in [2.05, 4.69) is 32.6 Å². The Bertz CT molecular complexity index is 678.